The van der Waals surface area contributed by atoms with Crippen molar-refractivity contribution in [3.05, 3.63) is 65.7 Å². The fourth-order valence-corrected chi connectivity index (χ4v) is 3.36. The van der Waals surface area contributed by atoms with Crippen LogP contribution in [0.4, 0.5) is 0 Å². The molecular formula is C22H27NO2. The molecule has 1 aliphatic carbocycles. The molecule has 3 rings (SSSR count). The average Bonchev–Trinajstić information content (AvgIpc) is 3.14. The number of amides is 1. The van der Waals surface area contributed by atoms with Crippen LogP contribution in [0, 0.1) is 0 Å². The summed E-state index contributed by atoms with van der Waals surface area (Å²) in [6, 6.07) is 18.3. The van der Waals surface area contributed by atoms with Gasteiger partial charge in [-0.15, -0.1) is 0 Å². The summed E-state index contributed by atoms with van der Waals surface area (Å²) in [7, 11) is 1.87. The molecule has 0 unspecified atom stereocenters. The Hall–Kier alpha value is -2.29. The van der Waals surface area contributed by atoms with Crippen LogP contribution in [0.3, 0.4) is 0 Å². The first kappa shape index (κ1) is 17.5. The lowest BCUT2D eigenvalue weighted by Crippen LogP contribution is -2.26. The molecule has 25 heavy (non-hydrogen) atoms. The van der Waals surface area contributed by atoms with Crippen molar-refractivity contribution in [1.29, 1.82) is 0 Å². The highest BCUT2D eigenvalue weighted by atomic mass is 16.5. The molecule has 1 fully saturated rings. The van der Waals surface area contributed by atoms with E-state index in [1.165, 1.54) is 12.8 Å². The zero-order valence-corrected chi connectivity index (χ0v) is 15.0. The zero-order valence-electron chi connectivity index (χ0n) is 15.0. The van der Waals surface area contributed by atoms with Gasteiger partial charge in [0.2, 0.25) is 5.91 Å². The minimum Gasteiger partial charge on any atom is -0.490 e. The minimum absolute atomic E-state index is 0.172. The van der Waals surface area contributed by atoms with Crippen LogP contribution in [-0.2, 0) is 17.8 Å². The maximum Gasteiger partial charge on any atom is 0.222 e. The Morgan fingerprint density at radius 3 is 2.52 bits per heavy atom. The normalized spacial score (nSPS) is 14.4. The fourth-order valence-electron chi connectivity index (χ4n) is 3.36. The summed E-state index contributed by atoms with van der Waals surface area (Å²) in [5.41, 5.74) is 2.32. The summed E-state index contributed by atoms with van der Waals surface area (Å²) in [6.45, 7) is 0.657. The Bertz CT molecular complexity index is 677. The number of hydrogen-bond acceptors (Lipinski definition) is 2. The minimum atomic E-state index is 0.172. The maximum absolute atomic E-state index is 12.4. The van der Waals surface area contributed by atoms with Gasteiger partial charge in [0.1, 0.15) is 5.75 Å². The smallest absolute Gasteiger partial charge is 0.222 e. The number of nitrogens with zero attached hydrogens (tertiary/aromatic N) is 1. The highest BCUT2D eigenvalue weighted by molar-refractivity contribution is 5.76. The van der Waals surface area contributed by atoms with Crippen LogP contribution in [-0.4, -0.2) is 24.0 Å². The Morgan fingerprint density at radius 1 is 1.04 bits per heavy atom. The van der Waals surface area contributed by atoms with Gasteiger partial charge in [-0.25, -0.2) is 0 Å². The number of aryl methyl sites for hydroxylation is 1. The van der Waals surface area contributed by atoms with Gasteiger partial charge in [0, 0.05) is 20.0 Å². The van der Waals surface area contributed by atoms with Gasteiger partial charge in [0.15, 0.2) is 0 Å². The highest BCUT2D eigenvalue weighted by Gasteiger charge is 2.16. The van der Waals surface area contributed by atoms with Crippen molar-refractivity contribution in [3.63, 3.8) is 0 Å². The first-order valence-electron chi connectivity index (χ1n) is 9.24. The summed E-state index contributed by atoms with van der Waals surface area (Å²) in [6.07, 6.45) is 6.50. The lowest BCUT2D eigenvalue weighted by molar-refractivity contribution is -0.130. The van der Waals surface area contributed by atoms with Gasteiger partial charge in [-0.1, -0.05) is 42.5 Å². The van der Waals surface area contributed by atoms with E-state index in [0.717, 1.165) is 36.1 Å². The Kier molecular flexibility index (Phi) is 6.10. The third kappa shape index (κ3) is 5.35. The molecule has 0 N–H and O–H groups in total. The molecule has 1 saturated carbocycles. The van der Waals surface area contributed by atoms with Gasteiger partial charge in [-0.05, 0) is 55.4 Å². The molecule has 2 aromatic rings. The van der Waals surface area contributed by atoms with Crippen LogP contribution in [0.15, 0.2) is 54.6 Å². The zero-order chi connectivity index (χ0) is 17.5. The fraction of sp³-hybridized carbons (Fsp3) is 0.409. The highest BCUT2D eigenvalue weighted by Crippen LogP contribution is 2.24. The van der Waals surface area contributed by atoms with Crippen molar-refractivity contribution >= 4 is 5.91 Å². The largest absolute Gasteiger partial charge is 0.490 e. The molecule has 3 nitrogen and oxygen atoms in total. The van der Waals surface area contributed by atoms with E-state index in [4.69, 9.17) is 4.74 Å². The number of carbonyl (C=O) groups excluding carboxylic acids is 1. The van der Waals surface area contributed by atoms with Crippen molar-refractivity contribution < 1.29 is 9.53 Å². The Morgan fingerprint density at radius 2 is 1.76 bits per heavy atom. The lowest BCUT2D eigenvalue weighted by atomic mass is 10.1. The molecule has 132 valence electrons. The quantitative estimate of drug-likeness (QED) is 0.739. The van der Waals surface area contributed by atoms with E-state index in [9.17, 15) is 4.79 Å². The van der Waals surface area contributed by atoms with Crippen molar-refractivity contribution in [1.82, 2.24) is 4.90 Å². The van der Waals surface area contributed by atoms with Crippen molar-refractivity contribution in [3.8, 4) is 5.75 Å². The van der Waals surface area contributed by atoms with E-state index in [0.29, 0.717) is 19.1 Å². The Balaban J connectivity index is 1.49. The predicted molar refractivity (Wildman–Crippen MR) is 101 cm³/mol. The molecule has 1 amide bonds. The van der Waals surface area contributed by atoms with Gasteiger partial charge in [-0.2, -0.15) is 0 Å². The van der Waals surface area contributed by atoms with Crippen LogP contribution in [0.25, 0.3) is 0 Å². The summed E-state index contributed by atoms with van der Waals surface area (Å²) in [5.74, 6) is 1.11. The number of hydrogen-bond donors (Lipinski definition) is 0. The summed E-state index contributed by atoms with van der Waals surface area (Å²) in [5, 5.41) is 0. The standard InChI is InChI=1S/C22H27NO2/c1-23(17-19-8-3-2-4-9-19)22(24)15-14-18-10-7-13-21(16-18)25-20-11-5-6-12-20/h2-4,7-10,13,16,20H,5-6,11-12,14-15,17H2,1H3. The molecule has 1 aliphatic rings. The van der Waals surface area contributed by atoms with E-state index in [1.54, 1.807) is 4.90 Å². The molecule has 0 heterocycles. The second-order valence-electron chi connectivity index (χ2n) is 6.91. The van der Waals surface area contributed by atoms with E-state index in [1.807, 2.05) is 49.5 Å². The first-order valence-corrected chi connectivity index (χ1v) is 9.24. The van der Waals surface area contributed by atoms with Crippen molar-refractivity contribution in [2.45, 2.75) is 51.2 Å². The van der Waals surface area contributed by atoms with Crippen molar-refractivity contribution in [2.24, 2.45) is 0 Å². The van der Waals surface area contributed by atoms with Crippen LogP contribution >= 0.6 is 0 Å². The Labute approximate surface area is 150 Å². The van der Waals surface area contributed by atoms with E-state index in [-0.39, 0.29) is 5.91 Å². The van der Waals surface area contributed by atoms with Gasteiger partial charge >= 0.3 is 0 Å². The van der Waals surface area contributed by atoms with Crippen LogP contribution in [0.5, 0.6) is 5.75 Å². The maximum atomic E-state index is 12.4. The van der Waals surface area contributed by atoms with Crippen LogP contribution in [0.2, 0.25) is 0 Å². The van der Waals surface area contributed by atoms with Gasteiger partial charge in [0.25, 0.3) is 0 Å². The topological polar surface area (TPSA) is 29.5 Å². The monoisotopic (exact) mass is 337 g/mol. The molecule has 0 aliphatic heterocycles. The number of benzene rings is 2. The van der Waals surface area contributed by atoms with Gasteiger partial charge < -0.3 is 9.64 Å². The van der Waals surface area contributed by atoms with Crippen LogP contribution in [0.1, 0.15) is 43.2 Å². The number of rotatable bonds is 7. The molecule has 2 aromatic carbocycles. The molecule has 0 spiro atoms. The third-order valence-corrected chi connectivity index (χ3v) is 4.82. The molecule has 3 heteroatoms. The molecule has 0 bridgehead atoms. The second-order valence-corrected chi connectivity index (χ2v) is 6.91. The lowest BCUT2D eigenvalue weighted by Gasteiger charge is -2.17. The molecule has 0 radical (unpaired) electrons. The van der Waals surface area contributed by atoms with Gasteiger partial charge in [-0.3, -0.25) is 4.79 Å². The number of ether oxygens (including phenoxy) is 1. The summed E-state index contributed by atoms with van der Waals surface area (Å²) < 4.78 is 6.05. The third-order valence-electron chi connectivity index (χ3n) is 4.82. The van der Waals surface area contributed by atoms with Crippen LogP contribution < -0.4 is 4.74 Å². The second kappa shape index (κ2) is 8.70. The molecule has 0 aromatic heterocycles. The number of carbonyl (C=O) groups is 1. The van der Waals surface area contributed by atoms with E-state index < -0.39 is 0 Å². The summed E-state index contributed by atoms with van der Waals surface area (Å²) in [4.78, 5) is 14.2. The first-order chi connectivity index (χ1) is 12.2. The van der Waals surface area contributed by atoms with Gasteiger partial charge in [0.05, 0.1) is 6.10 Å². The van der Waals surface area contributed by atoms with E-state index >= 15 is 0 Å². The van der Waals surface area contributed by atoms with Crippen molar-refractivity contribution in [2.75, 3.05) is 7.05 Å². The molecule has 0 saturated heterocycles. The SMILES string of the molecule is CN(Cc1ccccc1)C(=O)CCc1cccc(OC2CCCC2)c1. The molecule has 0 atom stereocenters. The van der Waals surface area contributed by atoms with E-state index in [2.05, 4.69) is 12.1 Å². The molecular weight excluding hydrogens is 310 g/mol. The average molecular weight is 337 g/mol. The predicted octanol–water partition coefficient (Wildman–Crippen LogP) is 4.60. The summed E-state index contributed by atoms with van der Waals surface area (Å²) >= 11 is 0.